The van der Waals surface area contributed by atoms with Crippen LogP contribution in [0.2, 0.25) is 0 Å². The summed E-state index contributed by atoms with van der Waals surface area (Å²) in [6.45, 7) is 4.16. The lowest BCUT2D eigenvalue weighted by Crippen LogP contribution is -2.28. The molecule has 0 aromatic heterocycles. The summed E-state index contributed by atoms with van der Waals surface area (Å²) in [6.07, 6.45) is 38.7. The summed E-state index contributed by atoms with van der Waals surface area (Å²) in [5.74, 6) is -1.27. The lowest BCUT2D eigenvalue weighted by Gasteiger charge is -2.18. The van der Waals surface area contributed by atoms with E-state index in [1.807, 2.05) is 0 Å². The molecule has 0 aliphatic rings. The first-order chi connectivity index (χ1) is 21.5. The molecule has 256 valence electrons. The molecular formula is C38H69NO5. The van der Waals surface area contributed by atoms with Crippen LogP contribution in [-0.4, -0.2) is 35.6 Å². The largest absolute Gasteiger partial charge is 0.480 e. The number of ether oxygens (including phenoxy) is 1. The fourth-order valence-corrected chi connectivity index (χ4v) is 5.37. The van der Waals surface area contributed by atoms with Crippen LogP contribution in [-0.2, 0) is 19.1 Å². The molecule has 0 spiro atoms. The molecule has 1 amide bonds. The molecule has 0 bridgehead atoms. The van der Waals surface area contributed by atoms with Gasteiger partial charge >= 0.3 is 11.9 Å². The molecule has 0 aliphatic heterocycles. The predicted octanol–water partition coefficient (Wildman–Crippen LogP) is 10.8. The fraction of sp³-hybridized carbons (Fsp3) is 0.816. The van der Waals surface area contributed by atoms with E-state index in [4.69, 9.17) is 9.84 Å². The third-order valence-electron chi connectivity index (χ3n) is 8.13. The highest BCUT2D eigenvalue weighted by molar-refractivity contribution is 5.80. The highest BCUT2D eigenvalue weighted by Gasteiger charge is 2.14. The highest BCUT2D eigenvalue weighted by Crippen LogP contribution is 2.18. The van der Waals surface area contributed by atoms with Crippen LogP contribution in [0.25, 0.3) is 0 Å². The quantitative estimate of drug-likeness (QED) is 0.0433. The number of nitrogens with one attached hydrogen (secondary N) is 1. The maximum atomic E-state index is 12.6. The molecule has 0 radical (unpaired) electrons. The van der Waals surface area contributed by atoms with Gasteiger partial charge in [-0.3, -0.25) is 14.4 Å². The molecule has 0 rings (SSSR count). The minimum atomic E-state index is -1.02. The molecule has 0 aromatic rings. The number of esters is 1. The van der Waals surface area contributed by atoms with Gasteiger partial charge < -0.3 is 15.2 Å². The molecule has 0 fully saturated rings. The van der Waals surface area contributed by atoms with Crippen molar-refractivity contribution in [1.29, 1.82) is 0 Å². The zero-order valence-corrected chi connectivity index (χ0v) is 28.8. The number of amides is 1. The molecule has 6 nitrogen and oxygen atoms in total. The molecule has 6 heteroatoms. The number of allylic oxidation sites excluding steroid dienone is 4. The first-order valence-electron chi connectivity index (χ1n) is 18.5. The minimum absolute atomic E-state index is 0.00315. The maximum Gasteiger partial charge on any atom is 0.322 e. The van der Waals surface area contributed by atoms with E-state index >= 15 is 0 Å². The minimum Gasteiger partial charge on any atom is -0.480 e. The van der Waals surface area contributed by atoms with Gasteiger partial charge in [0.1, 0.15) is 12.6 Å². The number of hydrogen-bond acceptors (Lipinski definition) is 4. The van der Waals surface area contributed by atoms with Gasteiger partial charge in [-0.05, 0) is 70.6 Å². The second-order valence-electron chi connectivity index (χ2n) is 12.5. The SMILES string of the molecule is CCCCC/C=C\C/C=C\CCCCCCCCCC(=O)OC(CCCCCCCC)CCCCCCC(=O)NCC(=O)O. The Morgan fingerprint density at radius 2 is 1.05 bits per heavy atom. The Kier molecular flexibility index (Phi) is 32.2. The van der Waals surface area contributed by atoms with Crippen LogP contribution < -0.4 is 5.32 Å². The first kappa shape index (κ1) is 41.9. The normalized spacial score (nSPS) is 12.2. The molecule has 0 saturated heterocycles. The van der Waals surface area contributed by atoms with Crippen LogP contribution in [0.15, 0.2) is 24.3 Å². The molecule has 1 atom stereocenters. The summed E-state index contributed by atoms with van der Waals surface area (Å²) >= 11 is 0. The Morgan fingerprint density at radius 1 is 0.591 bits per heavy atom. The van der Waals surface area contributed by atoms with E-state index in [9.17, 15) is 14.4 Å². The molecule has 0 aromatic carbocycles. The second-order valence-corrected chi connectivity index (χ2v) is 12.5. The van der Waals surface area contributed by atoms with E-state index in [-0.39, 0.29) is 24.5 Å². The van der Waals surface area contributed by atoms with Gasteiger partial charge in [0.05, 0.1) is 0 Å². The zero-order chi connectivity index (χ0) is 32.4. The van der Waals surface area contributed by atoms with Crippen molar-refractivity contribution < 1.29 is 24.2 Å². The molecule has 44 heavy (non-hydrogen) atoms. The third kappa shape index (κ3) is 32.8. The summed E-state index contributed by atoms with van der Waals surface area (Å²) in [4.78, 5) is 34.8. The molecule has 1 unspecified atom stereocenters. The number of carboxylic acids is 1. The van der Waals surface area contributed by atoms with Crippen LogP contribution in [0.4, 0.5) is 0 Å². The van der Waals surface area contributed by atoms with Crippen molar-refractivity contribution >= 4 is 17.8 Å². The summed E-state index contributed by atoms with van der Waals surface area (Å²) < 4.78 is 5.94. The van der Waals surface area contributed by atoms with Gasteiger partial charge in [-0.2, -0.15) is 0 Å². The van der Waals surface area contributed by atoms with Gasteiger partial charge in [0.2, 0.25) is 5.91 Å². The Bertz CT molecular complexity index is 733. The number of unbranched alkanes of at least 4 members (excludes halogenated alkanes) is 18. The van der Waals surface area contributed by atoms with Crippen LogP contribution in [0.1, 0.15) is 187 Å². The highest BCUT2D eigenvalue weighted by atomic mass is 16.5. The average Bonchev–Trinajstić information content (AvgIpc) is 3.00. The maximum absolute atomic E-state index is 12.6. The van der Waals surface area contributed by atoms with Crippen molar-refractivity contribution in [2.24, 2.45) is 0 Å². The van der Waals surface area contributed by atoms with Crippen molar-refractivity contribution in [3.05, 3.63) is 24.3 Å². The van der Waals surface area contributed by atoms with Crippen LogP contribution >= 0.6 is 0 Å². The average molecular weight is 620 g/mol. The van der Waals surface area contributed by atoms with Crippen LogP contribution in [0.5, 0.6) is 0 Å². The van der Waals surface area contributed by atoms with E-state index in [0.717, 1.165) is 64.2 Å². The molecule has 0 saturated carbocycles. The monoisotopic (exact) mass is 620 g/mol. The number of aliphatic carboxylic acids is 1. The van der Waals surface area contributed by atoms with E-state index in [2.05, 4.69) is 43.5 Å². The number of hydrogen-bond donors (Lipinski definition) is 2. The number of carboxylic acid groups (broad SMARTS) is 1. The fourth-order valence-electron chi connectivity index (χ4n) is 5.37. The lowest BCUT2D eigenvalue weighted by atomic mass is 10.0. The summed E-state index contributed by atoms with van der Waals surface area (Å²) in [6, 6.07) is 0. The Morgan fingerprint density at radius 3 is 1.61 bits per heavy atom. The van der Waals surface area contributed by atoms with Gasteiger partial charge in [0.15, 0.2) is 0 Å². The number of carbonyl (C=O) groups excluding carboxylic acids is 2. The Balaban J connectivity index is 3.99. The van der Waals surface area contributed by atoms with Crippen molar-refractivity contribution in [2.45, 2.75) is 193 Å². The second kappa shape index (κ2) is 33.8. The molecule has 2 N–H and O–H groups in total. The van der Waals surface area contributed by atoms with Gasteiger partial charge in [0, 0.05) is 12.8 Å². The first-order valence-corrected chi connectivity index (χ1v) is 18.5. The van der Waals surface area contributed by atoms with Gasteiger partial charge in [0.25, 0.3) is 0 Å². The summed E-state index contributed by atoms with van der Waals surface area (Å²) in [5, 5.41) is 11.0. The van der Waals surface area contributed by atoms with E-state index in [1.54, 1.807) is 0 Å². The van der Waals surface area contributed by atoms with Crippen LogP contribution in [0, 0.1) is 0 Å². The van der Waals surface area contributed by atoms with Crippen LogP contribution in [0.3, 0.4) is 0 Å². The Labute approximate surface area is 271 Å². The van der Waals surface area contributed by atoms with Crippen molar-refractivity contribution in [3.8, 4) is 0 Å². The predicted molar refractivity (Wildman–Crippen MR) is 185 cm³/mol. The van der Waals surface area contributed by atoms with Gasteiger partial charge in [-0.15, -0.1) is 0 Å². The molecule has 0 heterocycles. The van der Waals surface area contributed by atoms with Crippen molar-refractivity contribution in [3.63, 3.8) is 0 Å². The van der Waals surface area contributed by atoms with Gasteiger partial charge in [-0.25, -0.2) is 0 Å². The van der Waals surface area contributed by atoms with Crippen molar-refractivity contribution in [1.82, 2.24) is 5.32 Å². The smallest absolute Gasteiger partial charge is 0.322 e. The number of rotatable bonds is 33. The van der Waals surface area contributed by atoms with E-state index in [0.29, 0.717) is 12.8 Å². The zero-order valence-electron chi connectivity index (χ0n) is 28.8. The standard InChI is InChI=1S/C38H69NO5/c1-3-5-7-9-11-12-13-14-15-16-17-18-19-20-21-23-29-33-38(43)44-35(30-26-22-10-8-6-4-2)31-27-24-25-28-32-36(40)39-34-37(41)42/h11-12,14-15,35H,3-10,13,16-34H2,1-2H3,(H,39,40)(H,41,42)/b12-11-,15-14-. The molecule has 0 aliphatic carbocycles. The lowest BCUT2D eigenvalue weighted by molar-refractivity contribution is -0.150. The van der Waals surface area contributed by atoms with E-state index in [1.165, 1.54) is 96.3 Å². The Hall–Kier alpha value is -2.11. The number of carbonyl (C=O) groups is 3. The topological polar surface area (TPSA) is 92.7 Å². The van der Waals surface area contributed by atoms with E-state index < -0.39 is 5.97 Å². The molecular weight excluding hydrogens is 550 g/mol. The van der Waals surface area contributed by atoms with Crippen molar-refractivity contribution in [2.75, 3.05) is 6.54 Å². The summed E-state index contributed by atoms with van der Waals surface area (Å²) in [5.41, 5.74) is 0. The summed E-state index contributed by atoms with van der Waals surface area (Å²) in [7, 11) is 0. The third-order valence-corrected chi connectivity index (χ3v) is 8.13. The van der Waals surface area contributed by atoms with Gasteiger partial charge in [-0.1, -0.05) is 128 Å².